The zero-order valence-corrected chi connectivity index (χ0v) is 17.1. The van der Waals surface area contributed by atoms with E-state index in [4.69, 9.17) is 0 Å². The number of rotatable bonds is 7. The van der Waals surface area contributed by atoms with Gasteiger partial charge < -0.3 is 0 Å². The van der Waals surface area contributed by atoms with Crippen LogP contribution >= 0.6 is 22.7 Å². The second-order valence-corrected chi connectivity index (χ2v) is 9.80. The lowest BCUT2D eigenvalue weighted by Gasteiger charge is -2.00. The number of sulfone groups is 1. The Bertz CT molecular complexity index is 1260. The Morgan fingerprint density at radius 3 is 2.33 bits per heavy atom. The molecule has 14 heteroatoms. The third-order valence-electron chi connectivity index (χ3n) is 3.53. The number of carbonyl (C=O) groups is 1. The first-order valence-corrected chi connectivity index (χ1v) is 11.0. The summed E-state index contributed by atoms with van der Waals surface area (Å²) < 4.78 is 25.1. The van der Waals surface area contributed by atoms with Gasteiger partial charge in [-0.25, -0.2) is 13.4 Å². The average Bonchev–Trinajstić information content (AvgIpc) is 3.36. The van der Waals surface area contributed by atoms with Crippen LogP contribution in [0.5, 0.6) is 0 Å². The van der Waals surface area contributed by atoms with Crippen molar-refractivity contribution >= 4 is 60.3 Å². The smallest absolute Gasteiger partial charge is 0.298 e. The van der Waals surface area contributed by atoms with Crippen molar-refractivity contribution in [1.82, 2.24) is 4.98 Å². The SMILES string of the molecule is O=C(C=Cc1ccc([N+](=O)[O-])s1)Nc1ncc(S(=O)(=O)c2ccc([N+](=O)[O-])cc2)s1. The summed E-state index contributed by atoms with van der Waals surface area (Å²) in [6, 6.07) is 7.21. The van der Waals surface area contributed by atoms with Crippen LogP contribution in [-0.4, -0.2) is 29.2 Å². The van der Waals surface area contributed by atoms with Gasteiger partial charge in [0.05, 0.1) is 20.9 Å². The summed E-state index contributed by atoms with van der Waals surface area (Å²) in [7, 11) is -3.96. The molecule has 0 spiro atoms. The highest BCUT2D eigenvalue weighted by Gasteiger charge is 2.22. The number of non-ortho nitro benzene ring substituents is 1. The third-order valence-corrected chi connectivity index (χ3v) is 7.67. The molecular formula is C16H10N4O7S3. The summed E-state index contributed by atoms with van der Waals surface area (Å²) in [5.41, 5.74) is -0.242. The number of carbonyl (C=O) groups excluding carboxylic acids is 1. The van der Waals surface area contributed by atoms with E-state index in [1.165, 1.54) is 18.2 Å². The maximum atomic E-state index is 12.6. The molecule has 0 atom stereocenters. The molecule has 0 bridgehead atoms. The molecule has 1 amide bonds. The quantitative estimate of drug-likeness (QED) is 0.314. The Morgan fingerprint density at radius 1 is 1.03 bits per heavy atom. The minimum Gasteiger partial charge on any atom is -0.298 e. The molecule has 3 aromatic rings. The van der Waals surface area contributed by atoms with Crippen LogP contribution in [0.25, 0.3) is 6.08 Å². The molecule has 0 aliphatic heterocycles. The minimum atomic E-state index is -3.96. The van der Waals surface area contributed by atoms with Crippen LogP contribution in [-0.2, 0) is 14.6 Å². The molecule has 0 aliphatic rings. The molecule has 0 saturated heterocycles. The molecule has 0 unspecified atom stereocenters. The largest absolute Gasteiger partial charge is 0.324 e. The number of nitrogens with zero attached hydrogens (tertiary/aromatic N) is 3. The molecule has 2 heterocycles. The van der Waals surface area contributed by atoms with Gasteiger partial charge in [0.2, 0.25) is 15.7 Å². The first-order valence-electron chi connectivity index (χ1n) is 7.85. The Kier molecular flexibility index (Phi) is 6.00. The Hall–Kier alpha value is -3.49. The van der Waals surface area contributed by atoms with Crippen LogP contribution in [0.3, 0.4) is 0 Å². The maximum Gasteiger partial charge on any atom is 0.324 e. The van der Waals surface area contributed by atoms with Crippen LogP contribution in [0.15, 0.2) is 57.8 Å². The minimum absolute atomic E-state index is 0.0299. The molecule has 3 rings (SSSR count). The first-order chi connectivity index (χ1) is 14.2. The first kappa shape index (κ1) is 21.2. The summed E-state index contributed by atoms with van der Waals surface area (Å²) >= 11 is 1.61. The monoisotopic (exact) mass is 466 g/mol. The van der Waals surface area contributed by atoms with E-state index in [0.717, 1.165) is 59.2 Å². The topological polar surface area (TPSA) is 162 Å². The van der Waals surface area contributed by atoms with Gasteiger partial charge in [0.1, 0.15) is 4.21 Å². The van der Waals surface area contributed by atoms with Crippen molar-refractivity contribution in [3.63, 3.8) is 0 Å². The van der Waals surface area contributed by atoms with Crippen molar-refractivity contribution in [2.24, 2.45) is 0 Å². The standard InChI is InChI=1S/C16H10N4O7S3/c21-13(7-3-11-4-8-14(28-11)20(24)25)18-16-17-9-15(29-16)30(26,27)12-5-1-10(2-6-12)19(22)23/h1-9H,(H,17,18,21). The van der Waals surface area contributed by atoms with Crippen LogP contribution in [0, 0.1) is 20.2 Å². The van der Waals surface area contributed by atoms with Gasteiger partial charge in [-0.3, -0.25) is 30.3 Å². The Morgan fingerprint density at radius 2 is 1.73 bits per heavy atom. The van der Waals surface area contributed by atoms with Gasteiger partial charge in [-0.1, -0.05) is 22.7 Å². The fourth-order valence-electron chi connectivity index (χ4n) is 2.14. The number of amides is 1. The van der Waals surface area contributed by atoms with E-state index in [9.17, 15) is 33.4 Å². The number of hydrogen-bond acceptors (Lipinski definition) is 10. The predicted molar refractivity (Wildman–Crippen MR) is 109 cm³/mol. The molecule has 0 saturated carbocycles. The van der Waals surface area contributed by atoms with E-state index in [2.05, 4.69) is 10.3 Å². The normalized spacial score (nSPS) is 11.5. The summed E-state index contributed by atoms with van der Waals surface area (Å²) in [5.74, 6) is -0.598. The van der Waals surface area contributed by atoms with Crippen LogP contribution < -0.4 is 5.32 Å². The van der Waals surface area contributed by atoms with Crippen molar-refractivity contribution in [3.05, 3.63) is 73.8 Å². The highest BCUT2D eigenvalue weighted by molar-refractivity contribution is 7.93. The number of nitro groups is 2. The fraction of sp³-hybridized carbons (Fsp3) is 0. The molecule has 30 heavy (non-hydrogen) atoms. The van der Waals surface area contributed by atoms with Crippen molar-refractivity contribution in [3.8, 4) is 0 Å². The second-order valence-electron chi connectivity index (χ2n) is 5.49. The number of anilines is 1. The lowest BCUT2D eigenvalue weighted by Crippen LogP contribution is -2.06. The van der Waals surface area contributed by atoms with Crippen molar-refractivity contribution < 1.29 is 23.1 Å². The zero-order valence-electron chi connectivity index (χ0n) is 14.6. The van der Waals surface area contributed by atoms with E-state index in [1.807, 2.05) is 0 Å². The van der Waals surface area contributed by atoms with Gasteiger partial charge in [0, 0.05) is 29.2 Å². The number of benzene rings is 1. The highest BCUT2D eigenvalue weighted by Crippen LogP contribution is 2.29. The van der Waals surface area contributed by atoms with Gasteiger partial charge >= 0.3 is 5.00 Å². The highest BCUT2D eigenvalue weighted by atomic mass is 32.2. The molecular weight excluding hydrogens is 456 g/mol. The number of hydrogen-bond donors (Lipinski definition) is 1. The molecule has 0 radical (unpaired) electrons. The fourth-order valence-corrected chi connectivity index (χ4v) is 5.30. The number of thiophene rings is 1. The zero-order chi connectivity index (χ0) is 21.9. The van der Waals surface area contributed by atoms with Gasteiger partial charge in [-0.15, -0.1) is 0 Å². The summed E-state index contributed by atoms with van der Waals surface area (Å²) in [6.07, 6.45) is 3.60. The van der Waals surface area contributed by atoms with E-state index in [-0.39, 0.29) is 24.9 Å². The van der Waals surface area contributed by atoms with Gasteiger partial charge in [0.25, 0.3) is 5.69 Å². The van der Waals surface area contributed by atoms with Crippen LogP contribution in [0.4, 0.5) is 15.8 Å². The van der Waals surface area contributed by atoms with Crippen molar-refractivity contribution in [2.45, 2.75) is 9.10 Å². The maximum absolute atomic E-state index is 12.6. The third kappa shape index (κ3) is 4.73. The number of nitro benzene ring substituents is 1. The van der Waals surface area contributed by atoms with Gasteiger partial charge in [-0.05, 0) is 24.3 Å². The van der Waals surface area contributed by atoms with Crippen LogP contribution in [0.2, 0.25) is 0 Å². The number of nitrogens with one attached hydrogen (secondary N) is 1. The van der Waals surface area contributed by atoms with Crippen LogP contribution in [0.1, 0.15) is 4.88 Å². The Labute approximate surface area is 176 Å². The predicted octanol–water partition coefficient (Wildman–Crippen LogP) is 3.51. The second kappa shape index (κ2) is 8.48. The average molecular weight is 466 g/mol. The van der Waals surface area contributed by atoms with E-state index in [0.29, 0.717) is 4.88 Å². The summed E-state index contributed by atoms with van der Waals surface area (Å²) in [5, 5.41) is 23.7. The van der Waals surface area contributed by atoms with E-state index < -0.39 is 25.6 Å². The molecule has 11 nitrogen and oxygen atoms in total. The molecule has 154 valence electrons. The van der Waals surface area contributed by atoms with Crippen molar-refractivity contribution in [1.29, 1.82) is 0 Å². The van der Waals surface area contributed by atoms with E-state index >= 15 is 0 Å². The summed E-state index contributed by atoms with van der Waals surface area (Å²) in [4.78, 5) is 36.4. The van der Waals surface area contributed by atoms with E-state index in [1.54, 1.807) is 0 Å². The molecule has 0 aliphatic carbocycles. The summed E-state index contributed by atoms with van der Waals surface area (Å²) in [6.45, 7) is 0. The van der Waals surface area contributed by atoms with Gasteiger partial charge in [0.15, 0.2) is 5.13 Å². The number of thiazole rings is 1. The lowest BCUT2D eigenvalue weighted by molar-refractivity contribution is -0.384. The lowest BCUT2D eigenvalue weighted by atomic mass is 10.3. The van der Waals surface area contributed by atoms with Crippen molar-refractivity contribution in [2.75, 3.05) is 5.32 Å². The molecule has 2 aromatic heterocycles. The molecule has 0 fully saturated rings. The Balaban J connectivity index is 1.70. The number of aromatic nitrogens is 1. The molecule has 1 aromatic carbocycles. The van der Waals surface area contributed by atoms with Gasteiger partial charge in [-0.2, -0.15) is 0 Å². The molecule has 1 N–H and O–H groups in total.